The summed E-state index contributed by atoms with van der Waals surface area (Å²) in [4.78, 5) is 15.0. The number of nitrogens with two attached hydrogens (primary N) is 3. The average molecular weight is 646 g/mol. The number of carbonyl (C=O) groups is 1. The summed E-state index contributed by atoms with van der Waals surface area (Å²) in [5, 5.41) is 53.5. The third kappa shape index (κ3) is 9.55. The van der Waals surface area contributed by atoms with E-state index in [0.29, 0.717) is 18.7 Å². The summed E-state index contributed by atoms with van der Waals surface area (Å²) in [6, 6.07) is -2.52. The molecule has 1 saturated heterocycles. The molecule has 1 saturated carbocycles. The van der Waals surface area contributed by atoms with E-state index >= 15 is 0 Å². The first-order chi connectivity index (χ1) is 21.0. The van der Waals surface area contributed by atoms with Crippen LogP contribution >= 0.6 is 0 Å². The monoisotopic (exact) mass is 645 g/mol. The standard InChI is InChI=1S/C30H59N7O8/c1-29(2,14-37(5)6)13-35-18-8-7-16(12-32)44-24(18)21-17(33)11-19(36-27(41)20(38)9-10-31)25(22(21)39)45-28-23(40)26(34-4)30(3,42)15-43-28/h7,17-26,28,34-35,38-40,42H,8-15,31-33H2,1-6H3,(H,36,41)/t17-,18+,19+,20-,21?,22-,23+,24-,25-,26?,28+,30-/m0/s1. The van der Waals surface area contributed by atoms with Gasteiger partial charge in [-0.25, -0.2) is 0 Å². The smallest absolute Gasteiger partial charge is 0.249 e. The predicted octanol–water partition coefficient (Wildman–Crippen LogP) is -3.49. The molecule has 2 fully saturated rings. The Morgan fingerprint density at radius 2 is 1.93 bits per heavy atom. The maximum atomic E-state index is 12.9. The van der Waals surface area contributed by atoms with Gasteiger partial charge in [-0.15, -0.1) is 0 Å². The molecule has 2 aliphatic heterocycles. The van der Waals surface area contributed by atoms with Gasteiger partial charge in [-0.05, 0) is 65.4 Å². The molecule has 15 nitrogen and oxygen atoms in total. The Morgan fingerprint density at radius 3 is 2.53 bits per heavy atom. The molecule has 262 valence electrons. The quantitative estimate of drug-likeness (QED) is 0.0882. The van der Waals surface area contributed by atoms with Gasteiger partial charge in [0.2, 0.25) is 5.91 Å². The second-order valence-electron chi connectivity index (χ2n) is 14.2. The number of ether oxygens (including phenoxy) is 3. The second kappa shape index (κ2) is 16.1. The van der Waals surface area contributed by atoms with Gasteiger partial charge < -0.3 is 72.7 Å². The molecule has 2 unspecified atom stereocenters. The lowest BCUT2D eigenvalue weighted by Gasteiger charge is -2.51. The van der Waals surface area contributed by atoms with Crippen LogP contribution in [-0.2, 0) is 19.0 Å². The minimum Gasteiger partial charge on any atom is -0.492 e. The van der Waals surface area contributed by atoms with Crippen molar-refractivity contribution in [3.05, 3.63) is 11.8 Å². The SMILES string of the molecule is CNC1[C@@H](O)[C@@H](O[C@H]2[C@H](NC(=O)[C@@H](O)CCN)C[C@H](N)C([C@H]3OC(CN)=CC[C@H]3NCC(C)(C)CN(C)C)[C@@H]2O)OC[C@]1(C)O. The first-order valence-electron chi connectivity index (χ1n) is 16.0. The Balaban J connectivity index is 1.92. The fourth-order valence-electron chi connectivity index (χ4n) is 7.03. The van der Waals surface area contributed by atoms with E-state index in [1.807, 2.05) is 20.2 Å². The van der Waals surface area contributed by atoms with Crippen LogP contribution in [0.15, 0.2) is 11.8 Å². The molecule has 2 heterocycles. The van der Waals surface area contributed by atoms with E-state index in [-0.39, 0.29) is 44.0 Å². The van der Waals surface area contributed by atoms with Gasteiger partial charge in [0.05, 0.1) is 31.3 Å². The van der Waals surface area contributed by atoms with Crippen LogP contribution in [0.2, 0.25) is 0 Å². The number of aliphatic hydroxyl groups excluding tert-OH is 3. The van der Waals surface area contributed by atoms with Gasteiger partial charge in [-0.1, -0.05) is 13.8 Å². The van der Waals surface area contributed by atoms with Crippen LogP contribution in [0.5, 0.6) is 0 Å². The van der Waals surface area contributed by atoms with Gasteiger partial charge in [0.15, 0.2) is 6.29 Å². The lowest BCUT2D eigenvalue weighted by Crippen LogP contribution is -2.70. The van der Waals surface area contributed by atoms with Crippen LogP contribution < -0.4 is 33.2 Å². The molecule has 0 aromatic carbocycles. The van der Waals surface area contributed by atoms with Crippen molar-refractivity contribution < 1.29 is 39.4 Å². The number of amides is 1. The Hall–Kier alpha value is -1.47. The first-order valence-corrected chi connectivity index (χ1v) is 16.0. The summed E-state index contributed by atoms with van der Waals surface area (Å²) in [6.45, 7) is 7.53. The van der Waals surface area contributed by atoms with E-state index in [1.165, 1.54) is 6.92 Å². The number of hydrogen-bond donors (Lipinski definition) is 10. The first kappa shape index (κ1) is 38.0. The van der Waals surface area contributed by atoms with Gasteiger partial charge in [0.25, 0.3) is 0 Å². The molecule has 0 spiro atoms. The minimum atomic E-state index is -1.38. The van der Waals surface area contributed by atoms with Gasteiger partial charge >= 0.3 is 0 Å². The summed E-state index contributed by atoms with van der Waals surface area (Å²) >= 11 is 0. The summed E-state index contributed by atoms with van der Waals surface area (Å²) in [7, 11) is 5.66. The van der Waals surface area contributed by atoms with Crippen LogP contribution in [-0.4, -0.2) is 152 Å². The van der Waals surface area contributed by atoms with Crippen molar-refractivity contribution in [3.8, 4) is 0 Å². The Kier molecular flexibility index (Phi) is 13.6. The molecule has 0 radical (unpaired) electrons. The predicted molar refractivity (Wildman–Crippen MR) is 169 cm³/mol. The highest BCUT2D eigenvalue weighted by Gasteiger charge is 2.54. The molecule has 13 N–H and O–H groups in total. The molecule has 0 aromatic heterocycles. The fourth-order valence-corrected chi connectivity index (χ4v) is 7.03. The van der Waals surface area contributed by atoms with Crippen molar-refractivity contribution in [1.29, 1.82) is 0 Å². The molecule has 1 aliphatic carbocycles. The van der Waals surface area contributed by atoms with E-state index in [4.69, 9.17) is 31.4 Å². The van der Waals surface area contributed by atoms with E-state index in [9.17, 15) is 25.2 Å². The van der Waals surface area contributed by atoms with Crippen molar-refractivity contribution in [1.82, 2.24) is 20.9 Å². The molecular formula is C30H59N7O8. The molecule has 3 aliphatic rings. The van der Waals surface area contributed by atoms with Crippen LogP contribution in [0.25, 0.3) is 0 Å². The summed E-state index contributed by atoms with van der Waals surface area (Å²) in [6.07, 6.45) is -4.17. The number of likely N-dealkylation sites (N-methyl/N-ethyl adjacent to an activating group) is 1. The molecule has 15 heteroatoms. The van der Waals surface area contributed by atoms with Crippen molar-refractivity contribution in [2.45, 2.75) is 107 Å². The normalized spacial score (nSPS) is 38.4. The fraction of sp³-hybridized carbons (Fsp3) is 0.900. The van der Waals surface area contributed by atoms with Crippen molar-refractivity contribution in [2.75, 3.05) is 53.9 Å². The Morgan fingerprint density at radius 1 is 1.24 bits per heavy atom. The second-order valence-corrected chi connectivity index (χ2v) is 14.2. The zero-order chi connectivity index (χ0) is 33.7. The molecular weight excluding hydrogens is 586 g/mol. The number of nitrogens with one attached hydrogen (secondary N) is 3. The van der Waals surface area contributed by atoms with Crippen molar-refractivity contribution in [3.63, 3.8) is 0 Å². The van der Waals surface area contributed by atoms with E-state index in [2.05, 4.69) is 34.7 Å². The maximum absolute atomic E-state index is 12.9. The van der Waals surface area contributed by atoms with E-state index < -0.39 is 72.4 Å². The highest BCUT2D eigenvalue weighted by Crippen LogP contribution is 2.37. The average Bonchev–Trinajstić information content (AvgIpc) is 2.94. The van der Waals surface area contributed by atoms with Gasteiger partial charge in [-0.3, -0.25) is 4.79 Å². The third-order valence-electron chi connectivity index (χ3n) is 9.10. The highest BCUT2D eigenvalue weighted by molar-refractivity contribution is 5.80. The van der Waals surface area contributed by atoms with Gasteiger partial charge in [-0.2, -0.15) is 0 Å². The molecule has 0 bridgehead atoms. The molecule has 1 amide bonds. The summed E-state index contributed by atoms with van der Waals surface area (Å²) < 4.78 is 18.4. The molecule has 12 atom stereocenters. The zero-order valence-electron chi connectivity index (χ0n) is 27.7. The van der Waals surface area contributed by atoms with E-state index in [1.54, 1.807) is 7.05 Å². The van der Waals surface area contributed by atoms with Crippen molar-refractivity contribution >= 4 is 5.91 Å². The van der Waals surface area contributed by atoms with Crippen LogP contribution in [0.1, 0.15) is 40.0 Å². The van der Waals surface area contributed by atoms with Crippen LogP contribution in [0.4, 0.5) is 0 Å². The number of carbonyl (C=O) groups excluding carboxylic acids is 1. The minimum absolute atomic E-state index is 0.0479. The molecule has 0 aromatic rings. The topological polar surface area (TPSA) is 243 Å². The van der Waals surface area contributed by atoms with Gasteiger partial charge in [0, 0.05) is 31.1 Å². The maximum Gasteiger partial charge on any atom is 0.249 e. The van der Waals surface area contributed by atoms with Crippen LogP contribution in [0.3, 0.4) is 0 Å². The van der Waals surface area contributed by atoms with Crippen LogP contribution in [0, 0.1) is 11.3 Å². The Bertz CT molecular complexity index is 986. The van der Waals surface area contributed by atoms with Crippen molar-refractivity contribution in [2.24, 2.45) is 28.5 Å². The summed E-state index contributed by atoms with van der Waals surface area (Å²) in [5.74, 6) is -0.762. The summed E-state index contributed by atoms with van der Waals surface area (Å²) in [5.41, 5.74) is 16.8. The molecule has 3 rings (SSSR count). The molecule has 45 heavy (non-hydrogen) atoms. The number of rotatable bonds is 14. The largest absolute Gasteiger partial charge is 0.492 e. The lowest BCUT2D eigenvalue weighted by molar-refractivity contribution is -0.297. The lowest BCUT2D eigenvalue weighted by atomic mass is 9.72. The number of hydrogen-bond acceptors (Lipinski definition) is 14. The van der Waals surface area contributed by atoms with E-state index in [0.717, 1.165) is 6.54 Å². The van der Waals surface area contributed by atoms with Gasteiger partial charge in [0.1, 0.15) is 35.8 Å². The number of aliphatic hydroxyl groups is 4. The highest BCUT2D eigenvalue weighted by atomic mass is 16.7. The number of nitrogens with zero attached hydrogens (tertiary/aromatic N) is 1. The third-order valence-corrected chi connectivity index (χ3v) is 9.10. The zero-order valence-corrected chi connectivity index (χ0v) is 27.7. The Labute approximate surface area is 267 Å².